The Labute approximate surface area is 97.3 Å². The number of hydrogen-bond donors (Lipinski definition) is 0. The maximum atomic E-state index is 4.49. The van der Waals surface area contributed by atoms with E-state index in [0.29, 0.717) is 0 Å². The highest BCUT2D eigenvalue weighted by Crippen LogP contribution is 2.26. The lowest BCUT2D eigenvalue weighted by Gasteiger charge is -2.29. The summed E-state index contributed by atoms with van der Waals surface area (Å²) in [5.41, 5.74) is 3.84. The van der Waals surface area contributed by atoms with Crippen molar-refractivity contribution in [2.75, 3.05) is 11.4 Å². The summed E-state index contributed by atoms with van der Waals surface area (Å²) >= 11 is 0. The number of rotatable bonds is 3. The molecule has 0 saturated heterocycles. The van der Waals surface area contributed by atoms with Gasteiger partial charge in [-0.15, -0.1) is 0 Å². The highest BCUT2D eigenvalue weighted by Gasteiger charge is 2.16. The van der Waals surface area contributed by atoms with Crippen molar-refractivity contribution < 1.29 is 0 Å². The van der Waals surface area contributed by atoms with Gasteiger partial charge in [-0.1, -0.05) is 32.0 Å². The Balaban J connectivity index is 2.36. The molecule has 0 fully saturated rings. The molecule has 2 rings (SSSR count). The van der Waals surface area contributed by atoms with Crippen molar-refractivity contribution in [1.29, 1.82) is 0 Å². The first-order chi connectivity index (χ1) is 7.86. The molecule has 1 aliphatic heterocycles. The lowest BCUT2D eigenvalue weighted by molar-refractivity contribution is 0.864. The molecule has 0 saturated carbocycles. The first-order valence-corrected chi connectivity index (χ1v) is 5.94. The zero-order chi connectivity index (χ0) is 11.4. The van der Waals surface area contributed by atoms with Gasteiger partial charge in [0, 0.05) is 17.6 Å². The molecule has 0 unspecified atom stereocenters. The molecule has 0 amide bonds. The van der Waals surface area contributed by atoms with Gasteiger partial charge >= 0.3 is 0 Å². The maximum Gasteiger partial charge on any atom is 0.0592 e. The zero-order valence-corrected chi connectivity index (χ0v) is 9.98. The van der Waals surface area contributed by atoms with Crippen LogP contribution >= 0.6 is 0 Å². The van der Waals surface area contributed by atoms with Crippen LogP contribution in [-0.2, 0) is 0 Å². The van der Waals surface area contributed by atoms with Gasteiger partial charge in [0.25, 0.3) is 0 Å². The number of benzene rings is 1. The average Bonchev–Trinajstić information content (AvgIpc) is 2.38. The van der Waals surface area contributed by atoms with E-state index in [1.165, 1.54) is 17.1 Å². The molecule has 1 aromatic rings. The fourth-order valence-electron chi connectivity index (χ4n) is 2.13. The lowest BCUT2D eigenvalue weighted by Crippen LogP contribution is -2.28. The number of anilines is 1. The molecule has 0 radical (unpaired) electrons. The molecule has 16 heavy (non-hydrogen) atoms. The molecule has 2 nitrogen and oxygen atoms in total. The first-order valence-electron chi connectivity index (χ1n) is 5.94. The molecule has 1 aromatic carbocycles. The molecule has 84 valence electrons. The van der Waals surface area contributed by atoms with Crippen LogP contribution in [0.4, 0.5) is 5.69 Å². The Morgan fingerprint density at radius 3 is 2.50 bits per heavy atom. The number of nitrogens with zero attached hydrogens (tertiary/aromatic N) is 2. The van der Waals surface area contributed by atoms with Gasteiger partial charge in [-0.05, 0) is 25.0 Å². The topological polar surface area (TPSA) is 15.6 Å². The van der Waals surface area contributed by atoms with E-state index in [4.69, 9.17) is 0 Å². The van der Waals surface area contributed by atoms with Gasteiger partial charge in [-0.3, -0.25) is 4.99 Å². The van der Waals surface area contributed by atoms with Gasteiger partial charge in [0.05, 0.1) is 12.2 Å². The number of para-hydroxylation sites is 1. The van der Waals surface area contributed by atoms with Crippen molar-refractivity contribution in [2.45, 2.75) is 26.7 Å². The fraction of sp³-hybridized carbons (Fsp3) is 0.357. The van der Waals surface area contributed by atoms with Crippen LogP contribution in [0.15, 0.2) is 46.7 Å². The smallest absolute Gasteiger partial charge is 0.0592 e. The van der Waals surface area contributed by atoms with E-state index in [9.17, 15) is 0 Å². The summed E-state index contributed by atoms with van der Waals surface area (Å²) in [7, 11) is 0. The van der Waals surface area contributed by atoms with Crippen LogP contribution in [0.5, 0.6) is 0 Å². The van der Waals surface area contributed by atoms with Crippen LogP contribution in [0.2, 0.25) is 0 Å². The molecule has 0 atom stereocenters. The van der Waals surface area contributed by atoms with Crippen LogP contribution in [0.1, 0.15) is 26.7 Å². The van der Waals surface area contributed by atoms with E-state index >= 15 is 0 Å². The average molecular weight is 214 g/mol. The Morgan fingerprint density at radius 2 is 1.88 bits per heavy atom. The second-order valence-electron chi connectivity index (χ2n) is 3.86. The highest BCUT2D eigenvalue weighted by atomic mass is 15.2. The molecule has 1 aliphatic rings. The lowest BCUT2D eigenvalue weighted by atomic mass is 10.1. The van der Waals surface area contributed by atoms with Gasteiger partial charge in [0.2, 0.25) is 0 Å². The SMILES string of the molecule is CCC1=C(CC)N(c2ccccc2)CC=N1. The van der Waals surface area contributed by atoms with Crippen molar-refractivity contribution >= 4 is 11.9 Å². The van der Waals surface area contributed by atoms with E-state index in [2.05, 4.69) is 54.1 Å². The van der Waals surface area contributed by atoms with Crippen LogP contribution in [0, 0.1) is 0 Å². The molecule has 0 aliphatic carbocycles. The van der Waals surface area contributed by atoms with Gasteiger partial charge in [0.1, 0.15) is 0 Å². The third-order valence-electron chi connectivity index (χ3n) is 2.91. The van der Waals surface area contributed by atoms with Crippen molar-refractivity contribution in [2.24, 2.45) is 4.99 Å². The Hall–Kier alpha value is -1.57. The van der Waals surface area contributed by atoms with Crippen LogP contribution in [0.3, 0.4) is 0 Å². The molecular formula is C14H18N2. The van der Waals surface area contributed by atoms with E-state index in [-0.39, 0.29) is 0 Å². The molecule has 0 spiro atoms. The largest absolute Gasteiger partial charge is 0.338 e. The quantitative estimate of drug-likeness (QED) is 0.750. The third kappa shape index (κ3) is 2.01. The molecule has 2 heteroatoms. The Kier molecular flexibility index (Phi) is 3.40. The van der Waals surface area contributed by atoms with Gasteiger partial charge in [-0.25, -0.2) is 0 Å². The van der Waals surface area contributed by atoms with Crippen LogP contribution < -0.4 is 4.90 Å². The van der Waals surface area contributed by atoms with Crippen molar-refractivity contribution in [3.8, 4) is 0 Å². The number of aliphatic imine (C=N–C) groups is 1. The molecular weight excluding hydrogens is 196 g/mol. The molecule has 1 heterocycles. The number of allylic oxidation sites excluding steroid dienone is 2. The summed E-state index contributed by atoms with van der Waals surface area (Å²) < 4.78 is 0. The summed E-state index contributed by atoms with van der Waals surface area (Å²) in [4.78, 5) is 6.84. The van der Waals surface area contributed by atoms with E-state index in [0.717, 1.165) is 19.4 Å². The minimum atomic E-state index is 0.886. The van der Waals surface area contributed by atoms with Crippen molar-refractivity contribution in [3.63, 3.8) is 0 Å². The normalized spacial score (nSPS) is 15.8. The second kappa shape index (κ2) is 4.97. The van der Waals surface area contributed by atoms with E-state index in [1.807, 2.05) is 6.21 Å². The summed E-state index contributed by atoms with van der Waals surface area (Å²) in [6.07, 6.45) is 4.05. The van der Waals surface area contributed by atoms with E-state index in [1.54, 1.807) is 0 Å². The highest BCUT2D eigenvalue weighted by molar-refractivity contribution is 5.72. The number of hydrogen-bond acceptors (Lipinski definition) is 2. The first kappa shape index (κ1) is 10.9. The monoisotopic (exact) mass is 214 g/mol. The minimum Gasteiger partial charge on any atom is -0.338 e. The second-order valence-corrected chi connectivity index (χ2v) is 3.86. The van der Waals surface area contributed by atoms with E-state index < -0.39 is 0 Å². The maximum absolute atomic E-state index is 4.49. The zero-order valence-electron chi connectivity index (χ0n) is 9.98. The van der Waals surface area contributed by atoms with Crippen LogP contribution in [0.25, 0.3) is 0 Å². The van der Waals surface area contributed by atoms with Crippen LogP contribution in [-0.4, -0.2) is 12.8 Å². The minimum absolute atomic E-state index is 0.886. The summed E-state index contributed by atoms with van der Waals surface area (Å²) in [5.74, 6) is 0. The predicted molar refractivity (Wildman–Crippen MR) is 69.9 cm³/mol. The van der Waals surface area contributed by atoms with Gasteiger partial charge < -0.3 is 4.90 Å². The Bertz CT molecular complexity index is 404. The predicted octanol–water partition coefficient (Wildman–Crippen LogP) is 3.61. The summed E-state index contributed by atoms with van der Waals surface area (Å²) in [6, 6.07) is 10.5. The molecule has 0 bridgehead atoms. The Morgan fingerprint density at radius 1 is 1.12 bits per heavy atom. The fourth-order valence-corrected chi connectivity index (χ4v) is 2.13. The summed E-state index contributed by atoms with van der Waals surface area (Å²) in [6.45, 7) is 5.25. The van der Waals surface area contributed by atoms with Gasteiger partial charge in [0.15, 0.2) is 0 Å². The molecule has 0 N–H and O–H groups in total. The standard InChI is InChI=1S/C14H18N2/c1-3-13-14(4-2)16(11-10-15-13)12-8-6-5-7-9-12/h5-10H,3-4,11H2,1-2H3. The third-order valence-corrected chi connectivity index (χ3v) is 2.91. The van der Waals surface area contributed by atoms with Gasteiger partial charge in [-0.2, -0.15) is 0 Å². The van der Waals surface area contributed by atoms with Crippen molar-refractivity contribution in [1.82, 2.24) is 0 Å². The molecule has 0 aromatic heterocycles. The summed E-state index contributed by atoms with van der Waals surface area (Å²) in [5, 5.41) is 0. The van der Waals surface area contributed by atoms with Crippen molar-refractivity contribution in [3.05, 3.63) is 41.7 Å².